The van der Waals surface area contributed by atoms with Gasteiger partial charge in [-0.1, -0.05) is 40.5 Å². The molecular formula is C19H12Cl2F6N2O2. The van der Waals surface area contributed by atoms with E-state index in [1.54, 1.807) is 0 Å². The predicted molar refractivity (Wildman–Crippen MR) is 101 cm³/mol. The lowest BCUT2D eigenvalue weighted by atomic mass is 9.86. The fourth-order valence-electron chi connectivity index (χ4n) is 3.27. The summed E-state index contributed by atoms with van der Waals surface area (Å²) in [4.78, 5) is 4.91. The zero-order chi connectivity index (χ0) is 22.6. The van der Waals surface area contributed by atoms with Crippen molar-refractivity contribution in [3.05, 3.63) is 63.6 Å². The first-order valence-electron chi connectivity index (χ1n) is 8.76. The Hall–Kier alpha value is -2.17. The Morgan fingerprint density at radius 2 is 1.68 bits per heavy atom. The number of oxime groups is 1. The number of nitrogens with one attached hydrogen (secondary N) is 1. The average Bonchev–Trinajstić information content (AvgIpc) is 3.26. The van der Waals surface area contributed by atoms with E-state index in [-0.39, 0.29) is 32.6 Å². The molecule has 1 fully saturated rings. The summed E-state index contributed by atoms with van der Waals surface area (Å²) in [5.41, 5.74) is -2.69. The molecule has 166 valence electrons. The van der Waals surface area contributed by atoms with Crippen LogP contribution in [-0.4, -0.2) is 30.4 Å². The van der Waals surface area contributed by atoms with Crippen LogP contribution in [0.1, 0.15) is 17.5 Å². The van der Waals surface area contributed by atoms with E-state index < -0.39 is 36.7 Å². The highest BCUT2D eigenvalue weighted by molar-refractivity contribution is 6.34. The fraction of sp³-hybridized carbons (Fsp3) is 0.316. The fourth-order valence-corrected chi connectivity index (χ4v) is 3.80. The molecule has 12 heteroatoms. The molecule has 2 aromatic rings. The maximum atomic E-state index is 14.0. The molecule has 0 aromatic heterocycles. The van der Waals surface area contributed by atoms with Crippen molar-refractivity contribution in [2.75, 3.05) is 5.32 Å². The van der Waals surface area contributed by atoms with Crippen LogP contribution in [-0.2, 0) is 15.2 Å². The van der Waals surface area contributed by atoms with Crippen LogP contribution in [0.3, 0.4) is 0 Å². The number of hydrogen-bond donors (Lipinski definition) is 1. The first-order valence-corrected chi connectivity index (χ1v) is 9.52. The Balaban J connectivity index is 1.58. The summed E-state index contributed by atoms with van der Waals surface area (Å²) in [6.45, 7) is 0. The van der Waals surface area contributed by atoms with Gasteiger partial charge in [0.25, 0.3) is 5.60 Å². The van der Waals surface area contributed by atoms with Crippen molar-refractivity contribution >= 4 is 34.6 Å². The number of ether oxygens (including phenoxy) is 1. The summed E-state index contributed by atoms with van der Waals surface area (Å²) in [5.74, 6) is 0. The molecule has 2 aromatic carbocycles. The van der Waals surface area contributed by atoms with Gasteiger partial charge in [-0.25, -0.2) is 0 Å². The van der Waals surface area contributed by atoms with Crippen molar-refractivity contribution in [1.29, 1.82) is 0 Å². The van der Waals surface area contributed by atoms with Crippen molar-refractivity contribution in [1.82, 2.24) is 0 Å². The third kappa shape index (κ3) is 4.28. The van der Waals surface area contributed by atoms with E-state index in [0.717, 1.165) is 12.1 Å². The van der Waals surface area contributed by atoms with E-state index in [0.29, 0.717) is 0 Å². The maximum Gasteiger partial charge on any atom is 0.435 e. The molecule has 0 amide bonds. The molecule has 0 aliphatic carbocycles. The van der Waals surface area contributed by atoms with Crippen LogP contribution >= 0.6 is 23.2 Å². The minimum absolute atomic E-state index is 0.00183. The Bertz CT molecular complexity index is 1020. The topological polar surface area (TPSA) is 46.2 Å². The zero-order valence-corrected chi connectivity index (χ0v) is 16.7. The lowest BCUT2D eigenvalue weighted by Gasteiger charge is -2.29. The van der Waals surface area contributed by atoms with E-state index in [9.17, 15) is 26.3 Å². The van der Waals surface area contributed by atoms with Crippen molar-refractivity contribution in [2.45, 2.75) is 36.7 Å². The predicted octanol–water partition coefficient (Wildman–Crippen LogP) is 6.27. The summed E-state index contributed by atoms with van der Waals surface area (Å²) < 4.78 is 84.5. The largest absolute Gasteiger partial charge is 0.435 e. The van der Waals surface area contributed by atoms with Gasteiger partial charge in [0.05, 0.1) is 5.71 Å². The lowest BCUT2D eigenvalue weighted by Crippen LogP contribution is -2.42. The molecule has 31 heavy (non-hydrogen) atoms. The van der Waals surface area contributed by atoms with E-state index in [4.69, 9.17) is 28.0 Å². The minimum Gasteiger partial charge on any atom is -0.374 e. The number of nitrogens with zero attached hydrogens (tertiary/aromatic N) is 1. The number of halogens is 8. The summed E-state index contributed by atoms with van der Waals surface area (Å²) in [6, 6.07) is 9.25. The Kier molecular flexibility index (Phi) is 5.30. The molecule has 0 radical (unpaired) electrons. The van der Waals surface area contributed by atoms with Crippen LogP contribution in [0, 0.1) is 0 Å². The van der Waals surface area contributed by atoms with Crippen LogP contribution in [0.2, 0.25) is 10.0 Å². The molecule has 4 nitrogen and oxygen atoms in total. The normalized spacial score (nSPS) is 25.7. The third-order valence-corrected chi connectivity index (χ3v) is 5.27. The van der Waals surface area contributed by atoms with Crippen LogP contribution in [0.15, 0.2) is 47.6 Å². The Morgan fingerprint density at radius 3 is 2.26 bits per heavy atom. The summed E-state index contributed by atoms with van der Waals surface area (Å²) in [7, 11) is 0. The van der Waals surface area contributed by atoms with E-state index >= 15 is 0 Å². The quantitative estimate of drug-likeness (QED) is 0.410. The maximum absolute atomic E-state index is 14.0. The standard InChI is InChI=1S/C19H12Cl2F6N2O2/c20-11-5-10(6-12(21)7-11)17(19(25,26)27)8-14(29-31-17)9-2-1-3-13(4-9)28-16-15(30-16)18(22,23)24/h1-7,15-16,28H,8H2. The van der Waals surface area contributed by atoms with Gasteiger partial charge < -0.3 is 14.9 Å². The van der Waals surface area contributed by atoms with Gasteiger partial charge in [-0.3, -0.25) is 0 Å². The molecule has 2 aliphatic rings. The highest BCUT2D eigenvalue weighted by Gasteiger charge is 2.62. The van der Waals surface area contributed by atoms with Gasteiger partial charge in [-0.15, -0.1) is 0 Å². The molecule has 2 heterocycles. The monoisotopic (exact) mass is 484 g/mol. The van der Waals surface area contributed by atoms with E-state index in [1.165, 1.54) is 30.3 Å². The highest BCUT2D eigenvalue weighted by Crippen LogP contribution is 2.49. The molecule has 3 atom stereocenters. The number of hydrogen-bond acceptors (Lipinski definition) is 4. The summed E-state index contributed by atoms with van der Waals surface area (Å²) in [6.07, 6.45) is -13.2. The smallest absolute Gasteiger partial charge is 0.374 e. The van der Waals surface area contributed by atoms with Crippen LogP contribution in [0.25, 0.3) is 0 Å². The van der Waals surface area contributed by atoms with Gasteiger partial charge in [0.15, 0.2) is 12.3 Å². The summed E-state index contributed by atoms with van der Waals surface area (Å²) >= 11 is 11.7. The molecule has 4 rings (SSSR count). The second-order valence-electron chi connectivity index (χ2n) is 7.03. The SMILES string of the molecule is FC(F)(F)C1OC1Nc1cccc(C2=NOC(c3cc(Cl)cc(Cl)c3)(C(F)(F)F)C2)c1. The minimum atomic E-state index is -4.86. The number of rotatable bonds is 4. The van der Waals surface area contributed by atoms with Crippen LogP contribution in [0.5, 0.6) is 0 Å². The van der Waals surface area contributed by atoms with Crippen LogP contribution < -0.4 is 5.32 Å². The second-order valence-corrected chi connectivity index (χ2v) is 7.91. The highest BCUT2D eigenvalue weighted by atomic mass is 35.5. The molecule has 1 saturated heterocycles. The van der Waals surface area contributed by atoms with Gasteiger partial charge in [0.1, 0.15) is 0 Å². The number of epoxide rings is 1. The molecule has 0 bridgehead atoms. The first-order chi connectivity index (χ1) is 14.4. The van der Waals surface area contributed by atoms with Gasteiger partial charge in [-0.2, -0.15) is 26.3 Å². The lowest BCUT2D eigenvalue weighted by molar-refractivity contribution is -0.275. The van der Waals surface area contributed by atoms with E-state index in [2.05, 4.69) is 15.2 Å². The number of alkyl halides is 6. The molecule has 2 aliphatic heterocycles. The molecule has 3 unspecified atom stereocenters. The van der Waals surface area contributed by atoms with Crippen molar-refractivity contribution < 1.29 is 35.9 Å². The van der Waals surface area contributed by atoms with Crippen molar-refractivity contribution in [3.63, 3.8) is 0 Å². The molecular weight excluding hydrogens is 473 g/mol. The van der Waals surface area contributed by atoms with Gasteiger partial charge in [0, 0.05) is 33.3 Å². The third-order valence-electron chi connectivity index (χ3n) is 4.83. The van der Waals surface area contributed by atoms with Crippen molar-refractivity contribution in [3.8, 4) is 0 Å². The first kappa shape index (κ1) is 22.0. The molecule has 0 saturated carbocycles. The molecule has 1 N–H and O–H groups in total. The number of anilines is 1. The van der Waals surface area contributed by atoms with Gasteiger partial charge in [0.2, 0.25) is 0 Å². The number of benzene rings is 2. The second kappa shape index (κ2) is 7.46. The van der Waals surface area contributed by atoms with Gasteiger partial charge in [-0.05, 0) is 30.3 Å². The van der Waals surface area contributed by atoms with Crippen molar-refractivity contribution in [2.24, 2.45) is 5.16 Å². The Morgan fingerprint density at radius 1 is 1.00 bits per heavy atom. The summed E-state index contributed by atoms with van der Waals surface area (Å²) in [5, 5.41) is 6.16. The van der Waals surface area contributed by atoms with Crippen LogP contribution in [0.4, 0.5) is 32.0 Å². The Labute approximate surface area is 181 Å². The zero-order valence-electron chi connectivity index (χ0n) is 15.2. The van der Waals surface area contributed by atoms with E-state index in [1.807, 2.05) is 0 Å². The average molecular weight is 485 g/mol. The van der Waals surface area contributed by atoms with Gasteiger partial charge >= 0.3 is 12.4 Å². The molecule has 0 spiro atoms.